The molecule has 27 heavy (non-hydrogen) atoms. The minimum atomic E-state index is -4.48. The van der Waals surface area contributed by atoms with Crippen LogP contribution in [-0.4, -0.2) is 11.0 Å². The first-order chi connectivity index (χ1) is 12.8. The lowest BCUT2D eigenvalue weighted by Crippen LogP contribution is -2.08. The van der Waals surface area contributed by atoms with E-state index in [-0.39, 0.29) is 23.8 Å². The fraction of sp³-hybridized carbons (Fsp3) is 0.368. The Balaban J connectivity index is 2.29. The van der Waals surface area contributed by atoms with Gasteiger partial charge in [-0.15, -0.1) is 0 Å². The number of ether oxygens (including phenoxy) is 1. The molecular weight excluding hydrogens is 363 g/mol. The van der Waals surface area contributed by atoms with Gasteiger partial charge in [-0.25, -0.2) is 9.78 Å². The molecule has 1 aromatic heterocycles. The Morgan fingerprint density at radius 1 is 1.15 bits per heavy atom. The van der Waals surface area contributed by atoms with E-state index in [1.165, 1.54) is 6.07 Å². The molecule has 0 bridgehead atoms. The summed E-state index contributed by atoms with van der Waals surface area (Å²) in [6.45, 7) is 3.65. The predicted octanol–water partition coefficient (Wildman–Crippen LogP) is 5.48. The number of halogens is 3. The zero-order valence-electron chi connectivity index (χ0n) is 15.0. The lowest BCUT2D eigenvalue weighted by molar-refractivity contribution is -0.213. The van der Waals surface area contributed by atoms with Gasteiger partial charge in [-0.2, -0.15) is 13.2 Å². The Bertz CT molecular complexity index is 761. The largest absolute Gasteiger partial charge is 0.435 e. The fourth-order valence-corrected chi connectivity index (χ4v) is 2.17. The van der Waals surface area contributed by atoms with Crippen molar-refractivity contribution in [2.75, 3.05) is 0 Å². The lowest BCUT2D eigenvalue weighted by Gasteiger charge is -2.14. The van der Waals surface area contributed by atoms with Crippen molar-refractivity contribution in [1.29, 1.82) is 0 Å². The number of pyridine rings is 1. The molecule has 2 aromatic rings. The van der Waals surface area contributed by atoms with Crippen LogP contribution in [0.5, 0.6) is 17.4 Å². The van der Waals surface area contributed by atoms with Crippen LogP contribution in [0, 0.1) is 0 Å². The second-order valence-electron chi connectivity index (χ2n) is 5.73. The molecule has 0 aliphatic heterocycles. The van der Waals surface area contributed by atoms with Crippen LogP contribution in [0.2, 0.25) is 0 Å². The number of benzene rings is 1. The van der Waals surface area contributed by atoms with Crippen LogP contribution in [0.3, 0.4) is 0 Å². The molecular formula is C19H20F3NO4. The van der Waals surface area contributed by atoms with Crippen molar-refractivity contribution in [3.63, 3.8) is 0 Å². The van der Waals surface area contributed by atoms with Crippen LogP contribution in [-0.2, 0) is 22.3 Å². The number of nitrogens with zero attached hydrogens (tertiary/aromatic N) is 1. The van der Waals surface area contributed by atoms with Gasteiger partial charge in [0.15, 0.2) is 5.75 Å². The molecule has 0 fully saturated rings. The van der Waals surface area contributed by atoms with Crippen molar-refractivity contribution in [2.24, 2.45) is 0 Å². The molecule has 0 atom stereocenters. The van der Waals surface area contributed by atoms with Crippen molar-refractivity contribution in [2.45, 2.75) is 45.7 Å². The quantitative estimate of drug-likeness (QED) is 0.446. The van der Waals surface area contributed by atoms with Gasteiger partial charge in [0.1, 0.15) is 0 Å². The SMILES string of the molecule is CCCCc1cccc(OOC(=O)CC)c1Oc1ccc(C(F)(F)F)cn1. The highest BCUT2D eigenvalue weighted by Gasteiger charge is 2.30. The number of carbonyl (C=O) groups excluding carboxylic acids is 1. The van der Waals surface area contributed by atoms with E-state index in [9.17, 15) is 18.0 Å². The molecule has 0 N–H and O–H groups in total. The Kier molecular flexibility index (Phi) is 7.04. The number of para-hydroxylation sites is 1. The fourth-order valence-electron chi connectivity index (χ4n) is 2.17. The van der Waals surface area contributed by atoms with Crippen molar-refractivity contribution in [3.05, 3.63) is 47.7 Å². The van der Waals surface area contributed by atoms with Gasteiger partial charge in [0.2, 0.25) is 11.6 Å². The summed E-state index contributed by atoms with van der Waals surface area (Å²) < 4.78 is 43.7. The number of carbonyl (C=O) groups is 1. The number of alkyl halides is 3. The predicted molar refractivity (Wildman–Crippen MR) is 91.4 cm³/mol. The molecule has 8 heteroatoms. The first-order valence-corrected chi connectivity index (χ1v) is 8.55. The summed E-state index contributed by atoms with van der Waals surface area (Å²) in [5.74, 6) is -0.194. The van der Waals surface area contributed by atoms with E-state index < -0.39 is 17.7 Å². The van der Waals surface area contributed by atoms with Gasteiger partial charge >= 0.3 is 12.1 Å². The standard InChI is InChI=1S/C19H20F3NO4/c1-3-5-7-13-8-6-9-15(26-27-17(24)4-2)18(13)25-16-11-10-14(12-23-16)19(20,21)22/h6,8-12H,3-5,7H2,1-2H3. The third-order valence-electron chi connectivity index (χ3n) is 3.64. The molecule has 0 amide bonds. The average Bonchev–Trinajstić information content (AvgIpc) is 2.65. The van der Waals surface area contributed by atoms with E-state index in [2.05, 4.69) is 4.98 Å². The van der Waals surface area contributed by atoms with Crippen LogP contribution in [0.15, 0.2) is 36.5 Å². The third-order valence-corrected chi connectivity index (χ3v) is 3.64. The summed E-state index contributed by atoms with van der Waals surface area (Å²) in [4.78, 5) is 24.8. The highest BCUT2D eigenvalue weighted by molar-refractivity contribution is 5.68. The lowest BCUT2D eigenvalue weighted by atomic mass is 10.1. The van der Waals surface area contributed by atoms with Gasteiger partial charge in [-0.1, -0.05) is 32.4 Å². The molecule has 146 valence electrons. The summed E-state index contributed by atoms with van der Waals surface area (Å²) in [7, 11) is 0. The molecule has 2 rings (SSSR count). The second kappa shape index (κ2) is 9.25. The van der Waals surface area contributed by atoms with Crippen molar-refractivity contribution in [3.8, 4) is 17.4 Å². The van der Waals surface area contributed by atoms with Crippen LogP contribution in [0.1, 0.15) is 44.2 Å². The van der Waals surface area contributed by atoms with Crippen molar-refractivity contribution >= 4 is 5.97 Å². The number of rotatable bonds is 8. The summed E-state index contributed by atoms with van der Waals surface area (Å²) >= 11 is 0. The summed E-state index contributed by atoms with van der Waals surface area (Å²) in [5.41, 5.74) is -0.105. The topological polar surface area (TPSA) is 57.7 Å². The number of hydrogen-bond acceptors (Lipinski definition) is 5. The molecule has 0 spiro atoms. The van der Waals surface area contributed by atoms with Gasteiger partial charge in [-0.3, -0.25) is 9.78 Å². The zero-order chi connectivity index (χ0) is 19.9. The normalized spacial score (nSPS) is 11.1. The van der Waals surface area contributed by atoms with E-state index in [0.29, 0.717) is 12.6 Å². The Hall–Kier alpha value is -2.77. The Morgan fingerprint density at radius 3 is 2.52 bits per heavy atom. The van der Waals surface area contributed by atoms with Gasteiger partial charge < -0.3 is 4.74 Å². The number of hydrogen-bond donors (Lipinski definition) is 0. The van der Waals surface area contributed by atoms with Crippen LogP contribution >= 0.6 is 0 Å². The number of aromatic nitrogens is 1. The second-order valence-corrected chi connectivity index (χ2v) is 5.73. The van der Waals surface area contributed by atoms with Crippen LogP contribution < -0.4 is 9.62 Å². The molecule has 0 unspecified atom stereocenters. The van der Waals surface area contributed by atoms with Crippen molar-refractivity contribution in [1.82, 2.24) is 4.98 Å². The van der Waals surface area contributed by atoms with Gasteiger partial charge in [-0.05, 0) is 30.5 Å². The molecule has 0 aliphatic rings. The smallest absolute Gasteiger partial charge is 0.417 e. The highest BCUT2D eigenvalue weighted by atomic mass is 19.4. The minimum absolute atomic E-state index is 0.0291. The first-order valence-electron chi connectivity index (χ1n) is 8.55. The zero-order valence-corrected chi connectivity index (χ0v) is 15.0. The Labute approximate surface area is 155 Å². The Morgan fingerprint density at radius 2 is 1.93 bits per heavy atom. The van der Waals surface area contributed by atoms with Crippen LogP contribution in [0.4, 0.5) is 13.2 Å². The first kappa shape index (κ1) is 20.5. The molecule has 1 aromatic carbocycles. The molecule has 5 nitrogen and oxygen atoms in total. The minimum Gasteiger partial charge on any atom is -0.435 e. The van der Waals surface area contributed by atoms with Crippen molar-refractivity contribution < 1.29 is 32.5 Å². The molecule has 0 radical (unpaired) electrons. The maximum absolute atomic E-state index is 12.7. The number of unbranched alkanes of at least 4 members (excludes halogenated alkanes) is 1. The maximum atomic E-state index is 12.7. The van der Waals surface area contributed by atoms with Gasteiger partial charge in [0.05, 0.1) is 5.56 Å². The molecule has 0 saturated heterocycles. The maximum Gasteiger partial charge on any atom is 0.417 e. The highest BCUT2D eigenvalue weighted by Crippen LogP contribution is 2.36. The van der Waals surface area contributed by atoms with Crippen LogP contribution in [0.25, 0.3) is 0 Å². The number of aryl methyl sites for hydroxylation is 1. The molecule has 0 saturated carbocycles. The third kappa shape index (κ3) is 5.87. The summed E-state index contributed by atoms with van der Waals surface area (Å²) in [6, 6.07) is 7.07. The summed E-state index contributed by atoms with van der Waals surface area (Å²) in [6.07, 6.45) is -1.19. The van der Waals surface area contributed by atoms with Gasteiger partial charge in [0, 0.05) is 18.7 Å². The molecule has 1 heterocycles. The van der Waals surface area contributed by atoms with E-state index >= 15 is 0 Å². The van der Waals surface area contributed by atoms with E-state index in [4.69, 9.17) is 14.5 Å². The van der Waals surface area contributed by atoms with E-state index in [1.807, 2.05) is 13.0 Å². The average molecular weight is 383 g/mol. The summed E-state index contributed by atoms with van der Waals surface area (Å²) in [5, 5.41) is 0. The molecule has 0 aliphatic carbocycles. The van der Waals surface area contributed by atoms with E-state index in [1.54, 1.807) is 13.0 Å². The van der Waals surface area contributed by atoms with E-state index in [0.717, 1.165) is 30.5 Å². The van der Waals surface area contributed by atoms with Gasteiger partial charge in [0.25, 0.3) is 0 Å². The monoisotopic (exact) mass is 383 g/mol.